The van der Waals surface area contributed by atoms with Gasteiger partial charge in [0.05, 0.1) is 10.4 Å². The molecule has 0 aromatic carbocycles. The molecule has 0 radical (unpaired) electrons. The molecule has 0 aliphatic rings. The summed E-state index contributed by atoms with van der Waals surface area (Å²) in [5.41, 5.74) is 0. The van der Waals surface area contributed by atoms with Crippen molar-refractivity contribution in [1.82, 2.24) is 5.32 Å². The van der Waals surface area contributed by atoms with E-state index in [0.717, 1.165) is 10.3 Å². The molecule has 2 N–H and O–H groups in total. The number of aliphatic hydroxyl groups is 1. The van der Waals surface area contributed by atoms with Gasteiger partial charge in [-0.25, -0.2) is 0 Å². The highest BCUT2D eigenvalue weighted by molar-refractivity contribution is 9.11. The van der Waals surface area contributed by atoms with Gasteiger partial charge in [-0.05, 0) is 35.0 Å². The zero-order chi connectivity index (χ0) is 8.97. The molecule has 0 fully saturated rings. The van der Waals surface area contributed by atoms with Gasteiger partial charge < -0.3 is 10.4 Å². The predicted octanol–water partition coefficient (Wildman–Crippen LogP) is 1.98. The highest BCUT2D eigenvalue weighted by Gasteiger charge is 2.00. The number of halogens is 1. The molecule has 0 saturated heterocycles. The molecule has 0 spiro atoms. The molecule has 0 bridgehead atoms. The van der Waals surface area contributed by atoms with Crippen molar-refractivity contribution in [3.05, 3.63) is 20.8 Å². The van der Waals surface area contributed by atoms with E-state index in [1.165, 1.54) is 4.88 Å². The van der Waals surface area contributed by atoms with Crippen LogP contribution in [-0.2, 0) is 6.54 Å². The first-order chi connectivity index (χ1) is 5.72. The van der Waals surface area contributed by atoms with Gasteiger partial charge in [-0.2, -0.15) is 0 Å². The third-order valence-electron chi connectivity index (χ3n) is 1.53. The summed E-state index contributed by atoms with van der Waals surface area (Å²) in [5, 5.41) is 12.0. The van der Waals surface area contributed by atoms with E-state index in [0.29, 0.717) is 0 Å². The molecule has 1 atom stereocenters. The average molecular weight is 250 g/mol. The molecular weight excluding hydrogens is 238 g/mol. The first kappa shape index (κ1) is 10.2. The molecule has 1 aromatic heterocycles. The molecule has 1 aromatic rings. The molecule has 0 saturated carbocycles. The SMILES string of the molecule is C[C@H](CO)NCc1ccc(Br)s1. The first-order valence-electron chi connectivity index (χ1n) is 3.81. The Hall–Kier alpha value is 0.1000. The largest absolute Gasteiger partial charge is 0.395 e. The molecule has 0 aliphatic carbocycles. The lowest BCUT2D eigenvalue weighted by Crippen LogP contribution is -2.28. The third-order valence-corrected chi connectivity index (χ3v) is 3.15. The second-order valence-electron chi connectivity index (χ2n) is 2.67. The number of hydrogen-bond acceptors (Lipinski definition) is 3. The van der Waals surface area contributed by atoms with E-state index in [9.17, 15) is 0 Å². The highest BCUT2D eigenvalue weighted by Crippen LogP contribution is 2.21. The molecule has 0 amide bonds. The first-order valence-corrected chi connectivity index (χ1v) is 5.42. The van der Waals surface area contributed by atoms with Gasteiger partial charge in [0, 0.05) is 17.5 Å². The Labute approximate surface area is 84.7 Å². The maximum atomic E-state index is 8.75. The van der Waals surface area contributed by atoms with Gasteiger partial charge in [0.1, 0.15) is 0 Å². The number of nitrogens with one attached hydrogen (secondary N) is 1. The van der Waals surface area contributed by atoms with Crippen LogP contribution in [0.3, 0.4) is 0 Å². The second kappa shape index (κ2) is 4.97. The van der Waals surface area contributed by atoms with Crippen molar-refractivity contribution in [2.45, 2.75) is 19.5 Å². The van der Waals surface area contributed by atoms with Gasteiger partial charge >= 0.3 is 0 Å². The van der Waals surface area contributed by atoms with Crippen LogP contribution < -0.4 is 5.32 Å². The minimum Gasteiger partial charge on any atom is -0.395 e. The molecule has 4 heteroatoms. The maximum Gasteiger partial charge on any atom is 0.0701 e. The summed E-state index contributed by atoms with van der Waals surface area (Å²) in [6.07, 6.45) is 0. The smallest absolute Gasteiger partial charge is 0.0701 e. The Bertz CT molecular complexity index is 239. The molecule has 68 valence electrons. The average Bonchev–Trinajstić information content (AvgIpc) is 2.47. The van der Waals surface area contributed by atoms with Crippen molar-refractivity contribution in [3.8, 4) is 0 Å². The van der Waals surface area contributed by atoms with Gasteiger partial charge in [0.15, 0.2) is 0 Å². The van der Waals surface area contributed by atoms with Crippen LogP contribution in [0.15, 0.2) is 15.9 Å². The van der Waals surface area contributed by atoms with E-state index in [-0.39, 0.29) is 12.6 Å². The monoisotopic (exact) mass is 249 g/mol. The van der Waals surface area contributed by atoms with Gasteiger partial charge in [0.2, 0.25) is 0 Å². The quantitative estimate of drug-likeness (QED) is 0.856. The summed E-state index contributed by atoms with van der Waals surface area (Å²) in [6, 6.07) is 4.28. The molecule has 12 heavy (non-hydrogen) atoms. The third kappa shape index (κ3) is 3.23. The Morgan fingerprint density at radius 1 is 1.67 bits per heavy atom. The Balaban J connectivity index is 2.33. The normalized spacial score (nSPS) is 13.2. The topological polar surface area (TPSA) is 32.3 Å². The highest BCUT2D eigenvalue weighted by atomic mass is 79.9. The Morgan fingerprint density at radius 3 is 2.92 bits per heavy atom. The van der Waals surface area contributed by atoms with E-state index >= 15 is 0 Å². The van der Waals surface area contributed by atoms with Crippen LogP contribution in [0.4, 0.5) is 0 Å². The number of thiophene rings is 1. The standard InChI is InChI=1S/C8H12BrNOS/c1-6(5-11)10-4-7-2-3-8(9)12-7/h2-3,6,10-11H,4-5H2,1H3/t6-/m1/s1. The number of rotatable bonds is 4. The van der Waals surface area contributed by atoms with Gasteiger partial charge in [-0.15, -0.1) is 11.3 Å². The lowest BCUT2D eigenvalue weighted by Gasteiger charge is -2.08. The Kier molecular flexibility index (Phi) is 4.21. The summed E-state index contributed by atoms with van der Waals surface area (Å²) in [4.78, 5) is 1.28. The van der Waals surface area contributed by atoms with Crippen LogP contribution in [0.2, 0.25) is 0 Å². The predicted molar refractivity (Wildman–Crippen MR) is 55.4 cm³/mol. The van der Waals surface area contributed by atoms with Crippen molar-refractivity contribution in [3.63, 3.8) is 0 Å². The van der Waals surface area contributed by atoms with E-state index in [2.05, 4.69) is 27.3 Å². The lowest BCUT2D eigenvalue weighted by molar-refractivity contribution is 0.251. The Morgan fingerprint density at radius 2 is 2.42 bits per heavy atom. The van der Waals surface area contributed by atoms with Crippen molar-refractivity contribution >= 4 is 27.3 Å². The van der Waals surface area contributed by atoms with Gasteiger partial charge in [-0.1, -0.05) is 0 Å². The minimum absolute atomic E-state index is 0.172. The van der Waals surface area contributed by atoms with E-state index in [1.807, 2.05) is 13.0 Å². The lowest BCUT2D eigenvalue weighted by atomic mass is 10.3. The van der Waals surface area contributed by atoms with Crippen molar-refractivity contribution in [2.24, 2.45) is 0 Å². The minimum atomic E-state index is 0.172. The number of aliphatic hydroxyl groups excluding tert-OH is 1. The zero-order valence-electron chi connectivity index (χ0n) is 6.88. The molecule has 2 nitrogen and oxygen atoms in total. The summed E-state index contributed by atoms with van der Waals surface area (Å²) in [6.45, 7) is 2.98. The molecule has 0 aliphatic heterocycles. The van der Waals surface area contributed by atoms with Crippen LogP contribution in [0, 0.1) is 0 Å². The summed E-state index contributed by atoms with van der Waals surface area (Å²) < 4.78 is 1.15. The molecule has 1 rings (SSSR count). The fourth-order valence-corrected chi connectivity index (χ4v) is 2.22. The summed E-state index contributed by atoms with van der Waals surface area (Å²) >= 11 is 5.11. The molecule has 0 unspecified atom stereocenters. The van der Waals surface area contributed by atoms with E-state index in [4.69, 9.17) is 5.11 Å². The molecular formula is C8H12BrNOS. The van der Waals surface area contributed by atoms with Crippen molar-refractivity contribution in [1.29, 1.82) is 0 Å². The summed E-state index contributed by atoms with van der Waals surface area (Å²) in [7, 11) is 0. The van der Waals surface area contributed by atoms with Crippen molar-refractivity contribution in [2.75, 3.05) is 6.61 Å². The van der Waals surface area contributed by atoms with Crippen LogP contribution in [0.25, 0.3) is 0 Å². The fourth-order valence-electron chi connectivity index (χ4n) is 0.786. The van der Waals surface area contributed by atoms with Crippen molar-refractivity contribution < 1.29 is 5.11 Å². The second-order valence-corrected chi connectivity index (χ2v) is 5.22. The number of hydrogen-bond donors (Lipinski definition) is 2. The van der Waals surface area contributed by atoms with Gasteiger partial charge in [0.25, 0.3) is 0 Å². The molecule has 1 heterocycles. The zero-order valence-corrected chi connectivity index (χ0v) is 9.28. The van der Waals surface area contributed by atoms with Crippen LogP contribution >= 0.6 is 27.3 Å². The summed E-state index contributed by atoms with van der Waals surface area (Å²) in [5.74, 6) is 0. The van der Waals surface area contributed by atoms with Crippen LogP contribution in [0.1, 0.15) is 11.8 Å². The fraction of sp³-hybridized carbons (Fsp3) is 0.500. The van der Waals surface area contributed by atoms with Gasteiger partial charge in [-0.3, -0.25) is 0 Å². The van der Waals surface area contributed by atoms with E-state index in [1.54, 1.807) is 11.3 Å². The van der Waals surface area contributed by atoms with E-state index < -0.39 is 0 Å². The van der Waals surface area contributed by atoms with Crippen LogP contribution in [0.5, 0.6) is 0 Å². The maximum absolute atomic E-state index is 8.75. The van der Waals surface area contributed by atoms with Crippen LogP contribution in [-0.4, -0.2) is 17.8 Å².